The smallest absolute Gasteiger partial charge is 0.247 e. The molecule has 30 heavy (non-hydrogen) atoms. The second-order valence-corrected chi connectivity index (χ2v) is 7.97. The van der Waals surface area contributed by atoms with Crippen molar-refractivity contribution in [3.8, 4) is 11.5 Å². The molecule has 0 N–H and O–H groups in total. The number of para-hydroxylation sites is 1. The molecule has 2 aromatic heterocycles. The highest BCUT2D eigenvalue weighted by atomic mass is 32.2. The largest absolute Gasteiger partial charge is 0.420 e. The first kappa shape index (κ1) is 19.2. The van der Waals surface area contributed by atoms with E-state index in [2.05, 4.69) is 21.2 Å². The Labute approximate surface area is 178 Å². The molecule has 0 saturated carbocycles. The summed E-state index contributed by atoms with van der Waals surface area (Å²) in [6.07, 6.45) is 0. The Morgan fingerprint density at radius 3 is 2.57 bits per heavy atom. The van der Waals surface area contributed by atoms with E-state index in [1.54, 1.807) is 11.8 Å². The van der Waals surface area contributed by atoms with E-state index in [0.29, 0.717) is 17.5 Å². The van der Waals surface area contributed by atoms with E-state index in [-0.39, 0.29) is 0 Å². The van der Waals surface area contributed by atoms with Crippen molar-refractivity contribution in [3.63, 3.8) is 0 Å². The van der Waals surface area contributed by atoms with Gasteiger partial charge < -0.3 is 9.15 Å². The predicted octanol–water partition coefficient (Wildman–Crippen LogP) is 3.80. The summed E-state index contributed by atoms with van der Waals surface area (Å²) in [5, 5.41) is 10.3. The van der Waals surface area contributed by atoms with Gasteiger partial charge in [-0.15, -0.1) is 10.2 Å². The molecule has 7 nitrogen and oxygen atoms in total. The van der Waals surface area contributed by atoms with Gasteiger partial charge in [-0.3, -0.25) is 4.90 Å². The standard InChI is InChI=1S/C22H21N5O2S/c1-2-6-16(7-3-1)21-26-25-20(29-21)15-30-22-17-8-4-5-9-18(17)23-19(24-22)14-27-10-12-28-13-11-27/h1-9H,10-15H2. The van der Waals surface area contributed by atoms with Crippen molar-refractivity contribution in [3.05, 3.63) is 66.3 Å². The maximum Gasteiger partial charge on any atom is 0.247 e. The molecule has 1 aliphatic rings. The number of rotatable bonds is 6. The monoisotopic (exact) mass is 419 g/mol. The number of nitrogens with zero attached hydrogens (tertiary/aromatic N) is 5. The van der Waals surface area contributed by atoms with Crippen molar-refractivity contribution in [2.75, 3.05) is 26.3 Å². The fourth-order valence-corrected chi connectivity index (χ4v) is 4.25. The number of fused-ring (bicyclic) bond motifs is 1. The lowest BCUT2D eigenvalue weighted by Crippen LogP contribution is -2.36. The van der Waals surface area contributed by atoms with Crippen molar-refractivity contribution in [1.82, 2.24) is 25.1 Å². The molecule has 2 aromatic carbocycles. The molecule has 0 radical (unpaired) electrons. The second kappa shape index (κ2) is 8.91. The number of hydrogen-bond donors (Lipinski definition) is 0. The SMILES string of the molecule is c1ccc(-c2nnc(CSc3nc(CN4CCOCC4)nc4ccccc34)o2)cc1. The highest BCUT2D eigenvalue weighted by Crippen LogP contribution is 2.29. The lowest BCUT2D eigenvalue weighted by molar-refractivity contribution is 0.0330. The summed E-state index contributed by atoms with van der Waals surface area (Å²) >= 11 is 1.60. The average Bonchev–Trinajstić information content (AvgIpc) is 3.28. The zero-order valence-corrected chi connectivity index (χ0v) is 17.2. The van der Waals surface area contributed by atoms with Crippen LogP contribution in [0, 0.1) is 0 Å². The third kappa shape index (κ3) is 4.35. The van der Waals surface area contributed by atoms with Crippen LogP contribution in [0.4, 0.5) is 0 Å². The summed E-state index contributed by atoms with van der Waals surface area (Å²) in [7, 11) is 0. The molecule has 1 aliphatic heterocycles. The van der Waals surface area contributed by atoms with E-state index in [4.69, 9.17) is 19.1 Å². The Morgan fingerprint density at radius 1 is 0.900 bits per heavy atom. The Bertz CT molecular complexity index is 1130. The Hall–Kier alpha value is -2.81. The average molecular weight is 420 g/mol. The molecule has 0 atom stereocenters. The van der Waals surface area contributed by atoms with E-state index in [1.807, 2.05) is 48.5 Å². The maximum absolute atomic E-state index is 5.85. The first-order valence-electron chi connectivity index (χ1n) is 9.91. The quantitative estimate of drug-likeness (QED) is 0.345. The fraction of sp³-hybridized carbons (Fsp3) is 0.273. The van der Waals surface area contributed by atoms with Gasteiger partial charge in [0.05, 0.1) is 31.0 Å². The Morgan fingerprint density at radius 2 is 1.70 bits per heavy atom. The van der Waals surface area contributed by atoms with Crippen LogP contribution in [0.15, 0.2) is 64.0 Å². The topological polar surface area (TPSA) is 77.2 Å². The van der Waals surface area contributed by atoms with Gasteiger partial charge >= 0.3 is 0 Å². The van der Waals surface area contributed by atoms with Crippen molar-refractivity contribution >= 4 is 22.7 Å². The molecule has 8 heteroatoms. The molecule has 0 bridgehead atoms. The number of hydrogen-bond acceptors (Lipinski definition) is 8. The highest BCUT2D eigenvalue weighted by molar-refractivity contribution is 7.98. The van der Waals surface area contributed by atoms with Gasteiger partial charge in [0.15, 0.2) is 0 Å². The molecule has 1 fully saturated rings. The Balaban J connectivity index is 1.36. The lowest BCUT2D eigenvalue weighted by Gasteiger charge is -2.25. The fourth-order valence-electron chi connectivity index (χ4n) is 3.37. The van der Waals surface area contributed by atoms with Gasteiger partial charge in [0, 0.05) is 24.0 Å². The Kier molecular flexibility index (Phi) is 5.69. The minimum atomic E-state index is 0.534. The first-order chi connectivity index (χ1) is 14.8. The van der Waals surface area contributed by atoms with E-state index >= 15 is 0 Å². The number of aromatic nitrogens is 4. The van der Waals surface area contributed by atoms with Gasteiger partial charge in [-0.25, -0.2) is 9.97 Å². The van der Waals surface area contributed by atoms with Gasteiger partial charge in [-0.05, 0) is 18.2 Å². The summed E-state index contributed by atoms with van der Waals surface area (Å²) in [4.78, 5) is 12.0. The minimum Gasteiger partial charge on any atom is -0.420 e. The molecule has 0 amide bonds. The molecule has 0 aliphatic carbocycles. The molecule has 4 aromatic rings. The van der Waals surface area contributed by atoms with Crippen LogP contribution >= 0.6 is 11.8 Å². The molecular formula is C22H21N5O2S. The van der Waals surface area contributed by atoms with Crippen LogP contribution in [0.2, 0.25) is 0 Å². The zero-order valence-electron chi connectivity index (χ0n) is 16.4. The summed E-state index contributed by atoms with van der Waals surface area (Å²) in [6, 6.07) is 17.9. The second-order valence-electron chi connectivity index (χ2n) is 7.01. The highest BCUT2D eigenvalue weighted by Gasteiger charge is 2.16. The number of thioether (sulfide) groups is 1. The van der Waals surface area contributed by atoms with E-state index in [9.17, 15) is 0 Å². The van der Waals surface area contributed by atoms with Crippen molar-refractivity contribution in [1.29, 1.82) is 0 Å². The van der Waals surface area contributed by atoms with Crippen LogP contribution < -0.4 is 0 Å². The molecular weight excluding hydrogens is 398 g/mol. The number of ether oxygens (including phenoxy) is 1. The van der Waals surface area contributed by atoms with Crippen LogP contribution in [-0.4, -0.2) is 51.4 Å². The third-order valence-electron chi connectivity index (χ3n) is 4.90. The van der Waals surface area contributed by atoms with Crippen LogP contribution in [-0.2, 0) is 17.0 Å². The number of morpholine rings is 1. The van der Waals surface area contributed by atoms with Crippen molar-refractivity contribution in [2.45, 2.75) is 17.3 Å². The van der Waals surface area contributed by atoms with Crippen molar-refractivity contribution in [2.24, 2.45) is 0 Å². The number of benzene rings is 2. The first-order valence-corrected chi connectivity index (χ1v) is 10.9. The minimum absolute atomic E-state index is 0.534. The van der Waals surface area contributed by atoms with Crippen LogP contribution in [0.5, 0.6) is 0 Å². The molecule has 3 heterocycles. The van der Waals surface area contributed by atoms with Gasteiger partial charge in [0.1, 0.15) is 10.9 Å². The van der Waals surface area contributed by atoms with Gasteiger partial charge in [-0.1, -0.05) is 48.2 Å². The molecule has 152 valence electrons. The van der Waals surface area contributed by atoms with E-state index < -0.39 is 0 Å². The van der Waals surface area contributed by atoms with Crippen molar-refractivity contribution < 1.29 is 9.15 Å². The maximum atomic E-state index is 5.85. The zero-order chi connectivity index (χ0) is 20.2. The van der Waals surface area contributed by atoms with Gasteiger partial charge in [-0.2, -0.15) is 0 Å². The third-order valence-corrected chi connectivity index (χ3v) is 5.88. The van der Waals surface area contributed by atoms with Crippen LogP contribution in [0.3, 0.4) is 0 Å². The summed E-state index contributed by atoms with van der Waals surface area (Å²) in [5.74, 6) is 2.49. The van der Waals surface area contributed by atoms with Crippen LogP contribution in [0.1, 0.15) is 11.7 Å². The molecule has 5 rings (SSSR count). The van der Waals surface area contributed by atoms with E-state index in [0.717, 1.165) is 60.2 Å². The van der Waals surface area contributed by atoms with Gasteiger partial charge in [0.2, 0.25) is 11.8 Å². The molecule has 0 spiro atoms. The molecule has 1 saturated heterocycles. The summed E-state index contributed by atoms with van der Waals surface area (Å²) in [6.45, 7) is 4.05. The summed E-state index contributed by atoms with van der Waals surface area (Å²) in [5.41, 5.74) is 1.87. The van der Waals surface area contributed by atoms with Gasteiger partial charge in [0.25, 0.3) is 0 Å². The normalized spacial score (nSPS) is 14.9. The summed E-state index contributed by atoms with van der Waals surface area (Å²) < 4.78 is 11.3. The lowest BCUT2D eigenvalue weighted by atomic mass is 10.2. The molecule has 0 unspecified atom stereocenters. The predicted molar refractivity (Wildman–Crippen MR) is 115 cm³/mol. The van der Waals surface area contributed by atoms with E-state index in [1.165, 1.54) is 0 Å². The van der Waals surface area contributed by atoms with Crippen LogP contribution in [0.25, 0.3) is 22.4 Å².